The predicted octanol–water partition coefficient (Wildman–Crippen LogP) is 1.16. The Balaban J connectivity index is 1.45. The standard InChI is InChI=1S/C13H19N7S/c14-9-4-8(5-9)10-6-11(18-7-17-10)16-3-1-2-12-19-20-13(15)21-12/h6-9H,1-5,14H2,(H2,15,20)(H,16,17,18). The van der Waals surface area contributed by atoms with Crippen LogP contribution in [0.4, 0.5) is 10.9 Å². The van der Waals surface area contributed by atoms with Crippen molar-refractivity contribution in [1.29, 1.82) is 0 Å². The summed E-state index contributed by atoms with van der Waals surface area (Å²) in [4.78, 5) is 8.59. The van der Waals surface area contributed by atoms with Crippen molar-refractivity contribution in [2.75, 3.05) is 17.6 Å². The van der Waals surface area contributed by atoms with E-state index in [0.29, 0.717) is 17.1 Å². The van der Waals surface area contributed by atoms with Crippen LogP contribution in [0.15, 0.2) is 12.4 Å². The Morgan fingerprint density at radius 1 is 1.29 bits per heavy atom. The maximum atomic E-state index is 5.82. The minimum Gasteiger partial charge on any atom is -0.374 e. The van der Waals surface area contributed by atoms with Crippen LogP contribution in [0.3, 0.4) is 0 Å². The van der Waals surface area contributed by atoms with E-state index in [4.69, 9.17) is 11.5 Å². The highest BCUT2D eigenvalue weighted by Gasteiger charge is 2.28. The predicted molar refractivity (Wildman–Crippen MR) is 83.1 cm³/mol. The lowest BCUT2D eigenvalue weighted by Gasteiger charge is -2.31. The van der Waals surface area contributed by atoms with Gasteiger partial charge in [0.15, 0.2) is 0 Å². The number of nitrogens with one attached hydrogen (secondary N) is 1. The average Bonchev–Trinajstić information content (AvgIpc) is 2.86. The minimum atomic E-state index is 0.334. The van der Waals surface area contributed by atoms with Crippen molar-refractivity contribution in [3.8, 4) is 0 Å². The van der Waals surface area contributed by atoms with E-state index in [1.54, 1.807) is 6.33 Å². The van der Waals surface area contributed by atoms with E-state index in [1.165, 1.54) is 11.3 Å². The van der Waals surface area contributed by atoms with Gasteiger partial charge in [-0.15, -0.1) is 10.2 Å². The summed E-state index contributed by atoms with van der Waals surface area (Å²) in [6, 6.07) is 2.36. The van der Waals surface area contributed by atoms with Crippen molar-refractivity contribution in [3.05, 3.63) is 23.1 Å². The lowest BCUT2D eigenvalue weighted by Crippen LogP contribution is -2.35. The Labute approximate surface area is 127 Å². The highest BCUT2D eigenvalue weighted by Crippen LogP contribution is 2.34. The van der Waals surface area contributed by atoms with E-state index < -0.39 is 0 Å². The van der Waals surface area contributed by atoms with Crippen LogP contribution in [0.25, 0.3) is 0 Å². The first-order valence-corrected chi connectivity index (χ1v) is 7.91. The fraction of sp³-hybridized carbons (Fsp3) is 0.538. The van der Waals surface area contributed by atoms with Crippen LogP contribution in [-0.2, 0) is 6.42 Å². The Bertz CT molecular complexity index is 594. The number of aromatic nitrogens is 4. The molecule has 0 unspecified atom stereocenters. The van der Waals surface area contributed by atoms with Crippen LogP contribution < -0.4 is 16.8 Å². The number of hydrogen-bond donors (Lipinski definition) is 3. The second kappa shape index (κ2) is 6.31. The molecule has 5 N–H and O–H groups in total. The Hall–Kier alpha value is -1.80. The number of hydrogen-bond acceptors (Lipinski definition) is 8. The van der Waals surface area contributed by atoms with Gasteiger partial charge < -0.3 is 16.8 Å². The molecular weight excluding hydrogens is 286 g/mol. The van der Waals surface area contributed by atoms with E-state index in [1.807, 2.05) is 6.07 Å². The molecule has 0 amide bonds. The molecule has 0 aromatic carbocycles. The molecule has 0 radical (unpaired) electrons. The van der Waals surface area contributed by atoms with Gasteiger partial charge in [0.1, 0.15) is 17.2 Å². The van der Waals surface area contributed by atoms with Gasteiger partial charge in [0.05, 0.1) is 0 Å². The molecule has 1 aliphatic rings. The number of rotatable bonds is 6. The first-order valence-electron chi connectivity index (χ1n) is 7.10. The Morgan fingerprint density at radius 3 is 2.86 bits per heavy atom. The molecule has 2 aromatic rings. The molecule has 0 bridgehead atoms. The molecule has 2 heterocycles. The highest BCUT2D eigenvalue weighted by molar-refractivity contribution is 7.15. The SMILES string of the molecule is Nc1nnc(CCCNc2cc(C3CC(N)C3)ncn2)s1. The van der Waals surface area contributed by atoms with Crippen molar-refractivity contribution in [1.82, 2.24) is 20.2 Å². The number of nitrogens with zero attached hydrogens (tertiary/aromatic N) is 4. The van der Waals surface area contributed by atoms with Crippen LogP contribution in [0.2, 0.25) is 0 Å². The average molecular weight is 305 g/mol. The van der Waals surface area contributed by atoms with Crippen molar-refractivity contribution in [3.63, 3.8) is 0 Å². The van der Waals surface area contributed by atoms with E-state index in [-0.39, 0.29) is 0 Å². The van der Waals surface area contributed by atoms with E-state index in [0.717, 1.165) is 48.7 Å². The van der Waals surface area contributed by atoms with Gasteiger partial charge in [-0.25, -0.2) is 9.97 Å². The summed E-state index contributed by atoms with van der Waals surface area (Å²) < 4.78 is 0. The fourth-order valence-corrected chi connectivity index (χ4v) is 3.07. The summed E-state index contributed by atoms with van der Waals surface area (Å²) in [5, 5.41) is 12.6. The molecule has 1 aliphatic carbocycles. The highest BCUT2D eigenvalue weighted by atomic mass is 32.1. The molecule has 21 heavy (non-hydrogen) atoms. The Morgan fingerprint density at radius 2 is 2.14 bits per heavy atom. The first-order chi connectivity index (χ1) is 10.2. The molecule has 0 spiro atoms. The van der Waals surface area contributed by atoms with E-state index in [2.05, 4.69) is 25.5 Å². The molecule has 8 heteroatoms. The summed E-state index contributed by atoms with van der Waals surface area (Å²) >= 11 is 1.44. The fourth-order valence-electron chi connectivity index (χ4n) is 2.42. The smallest absolute Gasteiger partial charge is 0.203 e. The number of nitrogens with two attached hydrogens (primary N) is 2. The van der Waals surface area contributed by atoms with Crippen LogP contribution in [0.1, 0.15) is 35.9 Å². The molecule has 3 rings (SSSR count). The quantitative estimate of drug-likeness (QED) is 0.686. The third-order valence-electron chi connectivity index (χ3n) is 3.64. The van der Waals surface area contributed by atoms with E-state index in [9.17, 15) is 0 Å². The molecule has 0 saturated heterocycles. The first kappa shape index (κ1) is 14.2. The van der Waals surface area contributed by atoms with Crippen LogP contribution in [-0.4, -0.2) is 32.8 Å². The van der Waals surface area contributed by atoms with Gasteiger partial charge in [-0.3, -0.25) is 0 Å². The number of aryl methyl sites for hydroxylation is 1. The largest absolute Gasteiger partial charge is 0.374 e. The summed E-state index contributed by atoms with van der Waals surface area (Å²) in [5.74, 6) is 1.37. The maximum Gasteiger partial charge on any atom is 0.203 e. The van der Waals surface area contributed by atoms with Crippen molar-refractivity contribution in [2.24, 2.45) is 5.73 Å². The molecule has 1 fully saturated rings. The number of anilines is 2. The number of nitrogen functional groups attached to an aromatic ring is 1. The molecule has 2 aromatic heterocycles. The normalized spacial score (nSPS) is 21.0. The molecule has 7 nitrogen and oxygen atoms in total. The second-order valence-electron chi connectivity index (χ2n) is 5.32. The third-order valence-corrected chi connectivity index (χ3v) is 4.45. The second-order valence-corrected chi connectivity index (χ2v) is 6.41. The zero-order valence-electron chi connectivity index (χ0n) is 11.7. The van der Waals surface area contributed by atoms with Crippen LogP contribution in [0, 0.1) is 0 Å². The Kier molecular flexibility index (Phi) is 4.26. The zero-order chi connectivity index (χ0) is 14.7. The summed E-state index contributed by atoms with van der Waals surface area (Å²) in [6.07, 6.45) is 5.50. The van der Waals surface area contributed by atoms with Crippen molar-refractivity contribution in [2.45, 2.75) is 37.6 Å². The van der Waals surface area contributed by atoms with Gasteiger partial charge in [0.25, 0.3) is 0 Å². The monoisotopic (exact) mass is 305 g/mol. The third kappa shape index (κ3) is 3.64. The lowest BCUT2D eigenvalue weighted by molar-refractivity contribution is 0.345. The summed E-state index contributed by atoms with van der Waals surface area (Å²) in [6.45, 7) is 0.833. The molecule has 0 aliphatic heterocycles. The van der Waals surface area contributed by atoms with Crippen molar-refractivity contribution >= 4 is 22.3 Å². The molecule has 112 valence electrons. The maximum absolute atomic E-state index is 5.82. The van der Waals surface area contributed by atoms with E-state index >= 15 is 0 Å². The molecule has 1 saturated carbocycles. The van der Waals surface area contributed by atoms with Gasteiger partial charge in [-0.1, -0.05) is 11.3 Å². The lowest BCUT2D eigenvalue weighted by atomic mass is 9.79. The molecule has 0 atom stereocenters. The topological polar surface area (TPSA) is 116 Å². The van der Waals surface area contributed by atoms with Gasteiger partial charge in [0.2, 0.25) is 5.13 Å². The van der Waals surface area contributed by atoms with Crippen LogP contribution in [0.5, 0.6) is 0 Å². The van der Waals surface area contributed by atoms with Gasteiger partial charge in [-0.2, -0.15) is 0 Å². The van der Waals surface area contributed by atoms with Gasteiger partial charge in [-0.05, 0) is 19.3 Å². The summed E-state index contributed by atoms with van der Waals surface area (Å²) in [7, 11) is 0. The van der Waals surface area contributed by atoms with Gasteiger partial charge in [0, 0.05) is 36.7 Å². The summed E-state index contributed by atoms with van der Waals surface area (Å²) in [5.41, 5.74) is 12.5. The van der Waals surface area contributed by atoms with Crippen molar-refractivity contribution < 1.29 is 0 Å². The minimum absolute atomic E-state index is 0.334. The van der Waals surface area contributed by atoms with Gasteiger partial charge >= 0.3 is 0 Å². The zero-order valence-corrected chi connectivity index (χ0v) is 12.5. The van der Waals surface area contributed by atoms with Crippen LogP contribution >= 0.6 is 11.3 Å². The molecular formula is C13H19N7S.